The number of nitrogens with zero attached hydrogens (tertiary/aromatic N) is 1. The van der Waals surface area contributed by atoms with Crippen molar-refractivity contribution in [2.45, 2.75) is 51.6 Å². The lowest BCUT2D eigenvalue weighted by molar-refractivity contribution is 0.0858. The van der Waals surface area contributed by atoms with Gasteiger partial charge in [-0.1, -0.05) is 35.0 Å². The summed E-state index contributed by atoms with van der Waals surface area (Å²) < 4.78 is 11.0. The number of rotatable bonds is 6. The number of hydrogen-bond acceptors (Lipinski definition) is 6. The lowest BCUT2D eigenvalue weighted by Crippen LogP contribution is -2.32. The van der Waals surface area contributed by atoms with E-state index in [1.54, 1.807) is 6.07 Å². The van der Waals surface area contributed by atoms with E-state index in [2.05, 4.69) is 15.8 Å². The Morgan fingerprint density at radius 3 is 2.73 bits per heavy atom. The Morgan fingerprint density at radius 1 is 1.12 bits per heavy atom. The number of ether oxygens (including phenoxy) is 1. The molecule has 2 N–H and O–H groups in total. The predicted molar refractivity (Wildman–Crippen MR) is 127 cm³/mol. The van der Waals surface area contributed by atoms with Gasteiger partial charge in [-0.05, 0) is 51.0 Å². The van der Waals surface area contributed by atoms with Crippen LogP contribution in [0, 0.1) is 6.92 Å². The maximum atomic E-state index is 13.1. The van der Waals surface area contributed by atoms with Gasteiger partial charge in [-0.25, -0.2) is 0 Å². The first-order valence-electron chi connectivity index (χ1n) is 11.5. The first kappa shape index (κ1) is 21.9. The van der Waals surface area contributed by atoms with E-state index < -0.39 is 0 Å². The van der Waals surface area contributed by atoms with Gasteiger partial charge >= 0.3 is 0 Å². The fourth-order valence-electron chi connectivity index (χ4n) is 4.40. The second-order valence-electron chi connectivity index (χ2n) is 8.66. The lowest BCUT2D eigenvalue weighted by atomic mass is 9.95. The van der Waals surface area contributed by atoms with Gasteiger partial charge in [0.15, 0.2) is 11.5 Å². The third kappa shape index (κ3) is 4.72. The molecule has 1 aliphatic carbocycles. The number of nitrogens with one attached hydrogen (secondary N) is 2. The molecule has 1 unspecified atom stereocenters. The Labute approximate surface area is 196 Å². The van der Waals surface area contributed by atoms with E-state index in [1.807, 2.05) is 31.2 Å². The molecule has 3 aromatic rings. The number of carbonyl (C=O) groups is 2. The summed E-state index contributed by atoms with van der Waals surface area (Å²) in [6.45, 7) is 3.25. The summed E-state index contributed by atoms with van der Waals surface area (Å²) in [7, 11) is 0. The highest BCUT2D eigenvalue weighted by Crippen LogP contribution is 2.38. The van der Waals surface area contributed by atoms with Crippen molar-refractivity contribution in [1.29, 1.82) is 0 Å². The number of aryl methyl sites for hydroxylation is 2. The number of anilines is 1. The van der Waals surface area contributed by atoms with Gasteiger partial charge in [0.25, 0.3) is 11.8 Å². The third-order valence-electron chi connectivity index (χ3n) is 6.22. The Balaban J connectivity index is 1.35. The van der Waals surface area contributed by atoms with E-state index in [4.69, 9.17) is 9.26 Å². The third-order valence-corrected chi connectivity index (χ3v) is 7.43. The SMILES string of the molecule is Cc1ccc(-c2cc(C(=O)Nc3sc4c(c3C(=O)NCC3CCCO3)CCCC4)no2)cc1. The van der Waals surface area contributed by atoms with Crippen molar-refractivity contribution in [3.8, 4) is 11.3 Å². The summed E-state index contributed by atoms with van der Waals surface area (Å²) in [6.07, 6.45) is 5.98. The molecule has 7 nitrogen and oxygen atoms in total. The first-order chi connectivity index (χ1) is 16.1. The molecule has 33 heavy (non-hydrogen) atoms. The second-order valence-corrected chi connectivity index (χ2v) is 9.76. The van der Waals surface area contributed by atoms with E-state index in [9.17, 15) is 9.59 Å². The molecule has 1 atom stereocenters. The van der Waals surface area contributed by atoms with Gasteiger partial charge in [0, 0.05) is 29.7 Å². The number of fused-ring (bicyclic) bond motifs is 1. The van der Waals surface area contributed by atoms with Crippen molar-refractivity contribution >= 4 is 28.2 Å². The zero-order valence-corrected chi connectivity index (χ0v) is 19.4. The van der Waals surface area contributed by atoms with Gasteiger partial charge in [-0.15, -0.1) is 11.3 Å². The summed E-state index contributed by atoms with van der Waals surface area (Å²) in [5.41, 5.74) is 3.83. The maximum absolute atomic E-state index is 13.1. The second kappa shape index (κ2) is 9.49. The average molecular weight is 466 g/mol. The molecule has 2 aromatic heterocycles. The molecule has 2 aliphatic rings. The standard InChI is InChI=1S/C25H27N3O4S/c1-15-8-10-16(11-9-15)20-13-19(28-32-20)23(29)27-25-22(18-6-2-3-7-21(18)33-25)24(30)26-14-17-5-4-12-31-17/h8-11,13,17H,2-7,12,14H2,1H3,(H,26,30)(H,27,29). The summed E-state index contributed by atoms with van der Waals surface area (Å²) >= 11 is 1.49. The molecule has 1 fully saturated rings. The number of thiophene rings is 1. The Hall–Kier alpha value is -2.97. The maximum Gasteiger partial charge on any atom is 0.278 e. The van der Waals surface area contributed by atoms with Crippen LogP contribution in [0.2, 0.25) is 0 Å². The quantitative estimate of drug-likeness (QED) is 0.548. The van der Waals surface area contributed by atoms with Crippen molar-refractivity contribution in [1.82, 2.24) is 10.5 Å². The van der Waals surface area contributed by atoms with Gasteiger partial charge in [0.05, 0.1) is 11.7 Å². The first-order valence-corrected chi connectivity index (χ1v) is 12.3. The van der Waals surface area contributed by atoms with E-state index >= 15 is 0 Å². The molecule has 1 aromatic carbocycles. The van der Waals surface area contributed by atoms with Crippen LogP contribution in [-0.2, 0) is 17.6 Å². The van der Waals surface area contributed by atoms with Gasteiger partial charge in [0.1, 0.15) is 5.00 Å². The summed E-state index contributed by atoms with van der Waals surface area (Å²) in [4.78, 5) is 27.3. The van der Waals surface area contributed by atoms with Crippen LogP contribution in [0.5, 0.6) is 0 Å². The monoisotopic (exact) mass is 465 g/mol. The van der Waals surface area contributed by atoms with Crippen molar-refractivity contribution in [3.63, 3.8) is 0 Å². The Kier molecular flexibility index (Phi) is 6.28. The van der Waals surface area contributed by atoms with E-state index in [1.165, 1.54) is 16.2 Å². The van der Waals surface area contributed by atoms with Gasteiger partial charge in [0.2, 0.25) is 0 Å². The largest absolute Gasteiger partial charge is 0.376 e. The smallest absolute Gasteiger partial charge is 0.278 e. The van der Waals surface area contributed by atoms with Crippen LogP contribution < -0.4 is 10.6 Å². The molecule has 0 bridgehead atoms. The average Bonchev–Trinajstić information content (AvgIpc) is 3.57. The molecule has 3 heterocycles. The molecule has 2 amide bonds. The van der Waals surface area contributed by atoms with Gasteiger partial charge < -0.3 is 19.9 Å². The summed E-state index contributed by atoms with van der Waals surface area (Å²) in [5, 5.41) is 10.5. The van der Waals surface area contributed by atoms with Gasteiger partial charge in [-0.2, -0.15) is 0 Å². The lowest BCUT2D eigenvalue weighted by Gasteiger charge is -2.15. The van der Waals surface area contributed by atoms with Crippen LogP contribution in [0.25, 0.3) is 11.3 Å². The molecule has 1 aliphatic heterocycles. The fourth-order valence-corrected chi connectivity index (χ4v) is 5.68. The summed E-state index contributed by atoms with van der Waals surface area (Å²) in [6, 6.07) is 9.46. The highest BCUT2D eigenvalue weighted by Gasteiger charge is 2.28. The van der Waals surface area contributed by atoms with Crippen LogP contribution in [-0.4, -0.2) is 36.2 Å². The number of hydrogen-bond donors (Lipinski definition) is 2. The minimum atomic E-state index is -0.385. The molecular formula is C25H27N3O4S. The molecule has 1 saturated heterocycles. The highest BCUT2D eigenvalue weighted by molar-refractivity contribution is 7.17. The van der Waals surface area contributed by atoms with Crippen LogP contribution >= 0.6 is 11.3 Å². The van der Waals surface area contributed by atoms with E-state index in [0.29, 0.717) is 22.9 Å². The van der Waals surface area contributed by atoms with Crippen molar-refractivity contribution in [2.75, 3.05) is 18.5 Å². The predicted octanol–water partition coefficient (Wildman–Crippen LogP) is 4.75. The van der Waals surface area contributed by atoms with E-state index in [0.717, 1.165) is 61.8 Å². The Bertz CT molecular complexity index is 1160. The number of amides is 2. The molecule has 0 saturated carbocycles. The van der Waals surface area contributed by atoms with Crippen LogP contribution in [0.1, 0.15) is 62.5 Å². The number of carbonyl (C=O) groups excluding carboxylic acids is 2. The van der Waals surface area contributed by atoms with Gasteiger partial charge in [-0.3, -0.25) is 9.59 Å². The Morgan fingerprint density at radius 2 is 1.94 bits per heavy atom. The van der Waals surface area contributed by atoms with Crippen LogP contribution in [0.4, 0.5) is 5.00 Å². The van der Waals surface area contributed by atoms with Crippen molar-refractivity contribution < 1.29 is 18.8 Å². The van der Waals surface area contributed by atoms with Crippen LogP contribution in [0.3, 0.4) is 0 Å². The topological polar surface area (TPSA) is 93.5 Å². The van der Waals surface area contributed by atoms with Crippen molar-refractivity contribution in [2.24, 2.45) is 0 Å². The molecule has 0 radical (unpaired) electrons. The fraction of sp³-hybridized carbons (Fsp3) is 0.400. The zero-order chi connectivity index (χ0) is 22.8. The highest BCUT2D eigenvalue weighted by atomic mass is 32.1. The number of benzene rings is 1. The minimum absolute atomic E-state index is 0.0665. The molecule has 0 spiro atoms. The molecule has 8 heteroatoms. The minimum Gasteiger partial charge on any atom is -0.376 e. The normalized spacial score (nSPS) is 17.5. The van der Waals surface area contributed by atoms with E-state index in [-0.39, 0.29) is 23.6 Å². The molecular weight excluding hydrogens is 438 g/mol. The van der Waals surface area contributed by atoms with Crippen LogP contribution in [0.15, 0.2) is 34.9 Å². The molecule has 172 valence electrons. The zero-order valence-electron chi connectivity index (χ0n) is 18.6. The number of aromatic nitrogens is 1. The summed E-state index contributed by atoms with van der Waals surface area (Å²) in [5.74, 6) is -0.00950. The van der Waals surface area contributed by atoms with Crippen molar-refractivity contribution in [3.05, 3.63) is 57.6 Å². The molecule has 5 rings (SSSR count).